The number of fused-ring (bicyclic) bond motifs is 1. The predicted octanol–water partition coefficient (Wildman–Crippen LogP) is 1.70. The first kappa shape index (κ1) is 17.2. The lowest BCUT2D eigenvalue weighted by Crippen LogP contribution is -2.30. The lowest BCUT2D eigenvalue weighted by Gasteiger charge is -2.18. The van der Waals surface area contributed by atoms with Gasteiger partial charge in [0.25, 0.3) is 5.91 Å². The van der Waals surface area contributed by atoms with Gasteiger partial charge in [-0.1, -0.05) is 0 Å². The topological polar surface area (TPSA) is 88.3 Å². The summed E-state index contributed by atoms with van der Waals surface area (Å²) in [5.41, 5.74) is 2.49. The highest BCUT2D eigenvalue weighted by molar-refractivity contribution is 5.94. The van der Waals surface area contributed by atoms with Gasteiger partial charge in [-0.3, -0.25) is 9.89 Å². The van der Waals surface area contributed by atoms with Crippen LogP contribution in [0.1, 0.15) is 40.3 Å². The number of hydrogen-bond acceptors (Lipinski definition) is 5. The van der Waals surface area contributed by atoms with Crippen LogP contribution in [0.25, 0.3) is 0 Å². The average molecular weight is 348 g/mol. The molecule has 0 aliphatic carbocycles. The number of methoxy groups -OCH3 is 2. The van der Waals surface area contributed by atoms with Crippen LogP contribution < -0.4 is 20.1 Å². The average Bonchev–Trinajstić information content (AvgIpc) is 3.05. The van der Waals surface area contributed by atoms with Gasteiger partial charge in [0.05, 0.1) is 20.3 Å². The number of nitrogens with zero attached hydrogens (tertiary/aromatic N) is 1. The van der Waals surface area contributed by atoms with Crippen molar-refractivity contribution in [3.05, 3.63) is 40.5 Å². The SMILES string of the molecule is COc1cc(F)c(C(C)NC(=O)c2n[nH]c3c2CNCC3)cc1OC. The molecule has 0 saturated carbocycles. The molecule has 2 heterocycles. The molecular formula is C17H21FN4O3. The first-order valence-corrected chi connectivity index (χ1v) is 8.04. The largest absolute Gasteiger partial charge is 0.493 e. The van der Waals surface area contributed by atoms with Crippen molar-refractivity contribution in [2.75, 3.05) is 20.8 Å². The molecule has 7 nitrogen and oxygen atoms in total. The molecule has 3 N–H and O–H groups in total. The summed E-state index contributed by atoms with van der Waals surface area (Å²) in [4.78, 5) is 12.6. The summed E-state index contributed by atoms with van der Waals surface area (Å²) in [5.74, 6) is -0.116. The standard InChI is InChI=1S/C17H21FN4O3/c1-9(10-6-14(24-2)15(25-3)7-12(10)18)20-17(23)16-11-8-19-5-4-13(11)21-22-16/h6-7,9,19H,4-5,8H2,1-3H3,(H,20,23)(H,21,22). The molecule has 1 amide bonds. The van der Waals surface area contributed by atoms with Crippen LogP contribution in [0, 0.1) is 5.82 Å². The summed E-state index contributed by atoms with van der Waals surface area (Å²) in [6.07, 6.45) is 0.801. The zero-order chi connectivity index (χ0) is 18.0. The van der Waals surface area contributed by atoms with E-state index in [0.29, 0.717) is 29.3 Å². The Bertz CT molecular complexity index is 790. The molecule has 0 spiro atoms. The minimum atomic E-state index is -0.559. The molecule has 0 fully saturated rings. The molecule has 0 bridgehead atoms. The Balaban J connectivity index is 1.81. The number of aromatic nitrogens is 2. The highest BCUT2D eigenvalue weighted by Crippen LogP contribution is 2.32. The lowest BCUT2D eigenvalue weighted by atomic mass is 10.0. The monoisotopic (exact) mass is 348 g/mol. The van der Waals surface area contributed by atoms with E-state index in [1.165, 1.54) is 26.4 Å². The zero-order valence-corrected chi connectivity index (χ0v) is 14.4. The fourth-order valence-corrected chi connectivity index (χ4v) is 2.96. The molecule has 1 aromatic heterocycles. The molecule has 1 aromatic carbocycles. The Morgan fingerprint density at radius 1 is 1.32 bits per heavy atom. The van der Waals surface area contributed by atoms with Crippen LogP contribution in [-0.4, -0.2) is 36.9 Å². The normalized spacial score (nSPS) is 14.6. The number of carbonyl (C=O) groups is 1. The van der Waals surface area contributed by atoms with Gasteiger partial charge < -0.3 is 20.1 Å². The zero-order valence-electron chi connectivity index (χ0n) is 14.4. The summed E-state index contributed by atoms with van der Waals surface area (Å²) in [7, 11) is 2.92. The lowest BCUT2D eigenvalue weighted by molar-refractivity contribution is 0.0933. The van der Waals surface area contributed by atoms with E-state index in [-0.39, 0.29) is 5.91 Å². The number of nitrogens with one attached hydrogen (secondary N) is 3. The Morgan fingerprint density at radius 3 is 2.76 bits per heavy atom. The Labute approximate surface area is 144 Å². The van der Waals surface area contributed by atoms with Crippen LogP contribution in [0.15, 0.2) is 12.1 Å². The Hall–Kier alpha value is -2.61. The first-order chi connectivity index (χ1) is 12.0. The maximum atomic E-state index is 14.4. The second kappa shape index (κ2) is 7.10. The third-order valence-corrected chi connectivity index (χ3v) is 4.34. The van der Waals surface area contributed by atoms with Crippen LogP contribution in [-0.2, 0) is 13.0 Å². The second-order valence-corrected chi connectivity index (χ2v) is 5.88. The van der Waals surface area contributed by atoms with E-state index < -0.39 is 11.9 Å². The number of H-pyrrole nitrogens is 1. The molecule has 3 rings (SSSR count). The minimum absolute atomic E-state index is 0.301. The molecule has 1 atom stereocenters. The van der Waals surface area contributed by atoms with E-state index in [4.69, 9.17) is 9.47 Å². The van der Waals surface area contributed by atoms with Gasteiger partial charge in [0.2, 0.25) is 0 Å². The molecule has 1 aliphatic rings. The summed E-state index contributed by atoms with van der Waals surface area (Å²) in [6, 6.07) is 2.22. The second-order valence-electron chi connectivity index (χ2n) is 5.88. The number of ether oxygens (including phenoxy) is 2. The summed E-state index contributed by atoms with van der Waals surface area (Å²) >= 11 is 0. The summed E-state index contributed by atoms with van der Waals surface area (Å²) < 4.78 is 24.6. The highest BCUT2D eigenvalue weighted by Gasteiger charge is 2.24. The number of aromatic amines is 1. The quantitative estimate of drug-likeness (QED) is 0.765. The van der Waals surface area contributed by atoms with E-state index in [2.05, 4.69) is 20.8 Å². The van der Waals surface area contributed by atoms with Crippen molar-refractivity contribution in [1.82, 2.24) is 20.8 Å². The Morgan fingerprint density at radius 2 is 2.04 bits per heavy atom. The molecule has 134 valence electrons. The van der Waals surface area contributed by atoms with E-state index >= 15 is 0 Å². The van der Waals surface area contributed by atoms with Crippen molar-refractivity contribution >= 4 is 5.91 Å². The molecule has 2 aromatic rings. The third-order valence-electron chi connectivity index (χ3n) is 4.34. The maximum absolute atomic E-state index is 14.4. The molecule has 8 heteroatoms. The fourth-order valence-electron chi connectivity index (χ4n) is 2.96. The van der Waals surface area contributed by atoms with Gasteiger partial charge in [-0.25, -0.2) is 4.39 Å². The van der Waals surface area contributed by atoms with Crippen LogP contribution in [0.4, 0.5) is 4.39 Å². The van der Waals surface area contributed by atoms with Crippen LogP contribution in [0.5, 0.6) is 11.5 Å². The van der Waals surface area contributed by atoms with E-state index in [1.54, 1.807) is 6.92 Å². The van der Waals surface area contributed by atoms with Crippen molar-refractivity contribution in [2.45, 2.75) is 25.9 Å². The molecular weight excluding hydrogens is 327 g/mol. The van der Waals surface area contributed by atoms with Gasteiger partial charge in [-0.2, -0.15) is 5.10 Å². The van der Waals surface area contributed by atoms with E-state index in [0.717, 1.165) is 24.2 Å². The van der Waals surface area contributed by atoms with Crippen molar-refractivity contribution in [3.63, 3.8) is 0 Å². The van der Waals surface area contributed by atoms with Crippen molar-refractivity contribution in [3.8, 4) is 11.5 Å². The number of hydrogen-bond donors (Lipinski definition) is 3. The van der Waals surface area contributed by atoms with Crippen LogP contribution in [0.2, 0.25) is 0 Å². The number of rotatable bonds is 5. The van der Waals surface area contributed by atoms with E-state index in [9.17, 15) is 9.18 Å². The summed E-state index contributed by atoms with van der Waals surface area (Å²) in [5, 5.41) is 13.0. The van der Waals surface area contributed by atoms with Crippen molar-refractivity contribution < 1.29 is 18.7 Å². The van der Waals surface area contributed by atoms with Crippen molar-refractivity contribution in [2.24, 2.45) is 0 Å². The summed E-state index contributed by atoms with van der Waals surface area (Å²) in [6.45, 7) is 3.15. The van der Waals surface area contributed by atoms with Gasteiger partial charge >= 0.3 is 0 Å². The molecule has 0 saturated heterocycles. The number of benzene rings is 1. The van der Waals surface area contributed by atoms with Gasteiger partial charge in [0.15, 0.2) is 17.2 Å². The predicted molar refractivity (Wildman–Crippen MR) is 89.4 cm³/mol. The molecule has 1 aliphatic heterocycles. The molecule has 0 radical (unpaired) electrons. The van der Waals surface area contributed by atoms with Crippen LogP contribution >= 0.6 is 0 Å². The smallest absolute Gasteiger partial charge is 0.272 e. The van der Waals surface area contributed by atoms with E-state index in [1.807, 2.05) is 0 Å². The van der Waals surface area contributed by atoms with Crippen LogP contribution in [0.3, 0.4) is 0 Å². The highest BCUT2D eigenvalue weighted by atomic mass is 19.1. The third kappa shape index (κ3) is 3.30. The number of amides is 1. The van der Waals surface area contributed by atoms with Gasteiger partial charge in [-0.15, -0.1) is 0 Å². The van der Waals surface area contributed by atoms with Gasteiger partial charge in [-0.05, 0) is 13.0 Å². The minimum Gasteiger partial charge on any atom is -0.493 e. The fraction of sp³-hybridized carbons (Fsp3) is 0.412. The maximum Gasteiger partial charge on any atom is 0.272 e. The molecule has 1 unspecified atom stereocenters. The van der Waals surface area contributed by atoms with Gasteiger partial charge in [0.1, 0.15) is 5.82 Å². The van der Waals surface area contributed by atoms with Gasteiger partial charge in [0, 0.05) is 42.4 Å². The molecule has 25 heavy (non-hydrogen) atoms. The Kier molecular flexibility index (Phi) is 4.89. The first-order valence-electron chi connectivity index (χ1n) is 8.04. The number of carbonyl (C=O) groups excluding carboxylic acids is 1. The number of halogens is 1. The van der Waals surface area contributed by atoms with Crippen molar-refractivity contribution in [1.29, 1.82) is 0 Å².